The molecule has 7 nitrogen and oxygen atoms in total. The molecule has 0 saturated carbocycles. The van der Waals surface area contributed by atoms with Crippen molar-refractivity contribution < 1.29 is 16.8 Å². The Morgan fingerprint density at radius 2 is 1.72 bits per heavy atom. The molecule has 1 heterocycles. The Labute approximate surface area is 155 Å². The minimum atomic E-state index is -3.54. The van der Waals surface area contributed by atoms with Gasteiger partial charge in [-0.2, -0.15) is 4.31 Å². The number of piperazine rings is 1. The van der Waals surface area contributed by atoms with Crippen molar-refractivity contribution in [2.45, 2.75) is 11.3 Å². The summed E-state index contributed by atoms with van der Waals surface area (Å²) < 4.78 is 51.4. The molecule has 0 N–H and O–H groups in total. The fourth-order valence-electron chi connectivity index (χ4n) is 2.62. The maximum absolute atomic E-state index is 12.6. The molecular formula is C15H24ClN3O4S2. The zero-order chi connectivity index (χ0) is 18.7. The van der Waals surface area contributed by atoms with E-state index in [0.29, 0.717) is 44.2 Å². The van der Waals surface area contributed by atoms with Crippen molar-refractivity contribution in [1.29, 1.82) is 0 Å². The Hall–Kier alpha value is -0.710. The third-order valence-corrected chi connectivity index (χ3v) is 8.25. The molecule has 0 radical (unpaired) electrons. The Balaban J connectivity index is 1.87. The highest BCUT2D eigenvalue weighted by molar-refractivity contribution is 7.89. The second kappa shape index (κ2) is 8.32. The summed E-state index contributed by atoms with van der Waals surface area (Å²) in [4.78, 5) is 2.29. The Kier molecular flexibility index (Phi) is 6.86. The summed E-state index contributed by atoms with van der Waals surface area (Å²) in [5, 5.41) is 0.391. The predicted octanol–water partition coefficient (Wildman–Crippen LogP) is 0.928. The Morgan fingerprint density at radius 3 is 2.28 bits per heavy atom. The lowest BCUT2D eigenvalue weighted by Gasteiger charge is -2.34. The quantitative estimate of drug-likeness (QED) is 0.669. The number of halogens is 1. The van der Waals surface area contributed by atoms with Gasteiger partial charge in [-0.05, 0) is 31.2 Å². The first-order valence-corrected chi connectivity index (χ1v) is 11.4. The molecule has 0 amide bonds. The van der Waals surface area contributed by atoms with Crippen molar-refractivity contribution in [3.8, 4) is 0 Å². The van der Waals surface area contributed by atoms with Crippen molar-refractivity contribution in [1.82, 2.24) is 13.5 Å². The van der Waals surface area contributed by atoms with Gasteiger partial charge in [0.15, 0.2) is 0 Å². The molecule has 0 bridgehead atoms. The number of nitrogens with zero attached hydrogens (tertiary/aromatic N) is 3. The van der Waals surface area contributed by atoms with Gasteiger partial charge in [-0.25, -0.2) is 21.1 Å². The van der Waals surface area contributed by atoms with E-state index in [1.54, 1.807) is 18.2 Å². The van der Waals surface area contributed by atoms with E-state index >= 15 is 0 Å². The van der Waals surface area contributed by atoms with Crippen molar-refractivity contribution in [2.75, 3.05) is 52.6 Å². The molecule has 1 aliphatic heterocycles. The van der Waals surface area contributed by atoms with Crippen LogP contribution in [0.4, 0.5) is 0 Å². The van der Waals surface area contributed by atoms with E-state index < -0.39 is 20.0 Å². The molecule has 1 aliphatic rings. The zero-order valence-corrected chi connectivity index (χ0v) is 16.8. The van der Waals surface area contributed by atoms with Crippen LogP contribution in [0.25, 0.3) is 0 Å². The van der Waals surface area contributed by atoms with Crippen LogP contribution in [-0.2, 0) is 20.0 Å². The zero-order valence-electron chi connectivity index (χ0n) is 14.4. The molecule has 10 heteroatoms. The van der Waals surface area contributed by atoms with E-state index in [0.717, 1.165) is 0 Å². The lowest BCUT2D eigenvalue weighted by Crippen LogP contribution is -2.48. The van der Waals surface area contributed by atoms with Crippen LogP contribution in [0.15, 0.2) is 29.2 Å². The van der Waals surface area contributed by atoms with Gasteiger partial charge in [-0.3, -0.25) is 0 Å². The highest BCUT2D eigenvalue weighted by atomic mass is 35.5. The molecule has 0 aromatic heterocycles. The first kappa shape index (κ1) is 20.6. The summed E-state index contributed by atoms with van der Waals surface area (Å²) >= 11 is 5.89. The highest BCUT2D eigenvalue weighted by Gasteiger charge is 2.28. The number of hydrogen-bond acceptors (Lipinski definition) is 5. The summed E-state index contributed by atoms with van der Waals surface area (Å²) in [5.74, 6) is 0.0982. The van der Waals surface area contributed by atoms with Gasteiger partial charge in [0.25, 0.3) is 0 Å². The normalized spacial score (nSPS) is 17.9. The molecule has 2 rings (SSSR count). The van der Waals surface area contributed by atoms with E-state index in [4.69, 9.17) is 11.6 Å². The summed E-state index contributed by atoms with van der Waals surface area (Å²) in [6.07, 6.45) is 0.529. The van der Waals surface area contributed by atoms with E-state index in [-0.39, 0.29) is 10.6 Å². The molecule has 0 spiro atoms. The summed E-state index contributed by atoms with van der Waals surface area (Å²) in [5.41, 5.74) is 0. The fourth-order valence-corrected chi connectivity index (χ4v) is 5.21. The maximum atomic E-state index is 12.6. The molecule has 0 unspecified atom stereocenters. The van der Waals surface area contributed by atoms with Crippen LogP contribution in [0.3, 0.4) is 0 Å². The second-order valence-corrected chi connectivity index (χ2v) is 10.8. The van der Waals surface area contributed by atoms with E-state index in [1.807, 2.05) is 0 Å². The van der Waals surface area contributed by atoms with Crippen LogP contribution < -0.4 is 0 Å². The first-order chi connectivity index (χ1) is 11.6. The second-order valence-electron chi connectivity index (χ2n) is 6.16. The van der Waals surface area contributed by atoms with Crippen molar-refractivity contribution in [3.63, 3.8) is 0 Å². The van der Waals surface area contributed by atoms with Crippen molar-refractivity contribution in [2.24, 2.45) is 0 Å². The SMILES string of the molecule is CN(C)S(=O)(=O)CCCN1CCN(S(=O)(=O)c2cccc(Cl)c2)CC1. The fraction of sp³-hybridized carbons (Fsp3) is 0.600. The molecule has 1 fully saturated rings. The van der Waals surface area contributed by atoms with E-state index in [2.05, 4.69) is 4.90 Å². The summed E-state index contributed by atoms with van der Waals surface area (Å²) in [6.45, 7) is 2.58. The smallest absolute Gasteiger partial charge is 0.243 e. The predicted molar refractivity (Wildman–Crippen MR) is 98.7 cm³/mol. The molecule has 1 saturated heterocycles. The van der Waals surface area contributed by atoms with Gasteiger partial charge < -0.3 is 4.90 Å². The molecule has 1 aromatic carbocycles. The van der Waals surface area contributed by atoms with Gasteiger partial charge in [-0.15, -0.1) is 0 Å². The summed E-state index contributed by atoms with van der Waals surface area (Å²) in [6, 6.07) is 6.26. The maximum Gasteiger partial charge on any atom is 0.243 e. The van der Waals surface area contributed by atoms with Crippen LogP contribution in [0.2, 0.25) is 5.02 Å². The van der Waals surface area contributed by atoms with Crippen LogP contribution in [-0.4, -0.2) is 82.9 Å². The monoisotopic (exact) mass is 409 g/mol. The minimum absolute atomic E-state index is 0.0982. The Bertz CT molecular complexity index is 789. The topological polar surface area (TPSA) is 78.0 Å². The van der Waals surface area contributed by atoms with Crippen LogP contribution >= 0.6 is 11.6 Å². The van der Waals surface area contributed by atoms with E-state index in [1.165, 1.54) is 28.8 Å². The van der Waals surface area contributed by atoms with Crippen molar-refractivity contribution >= 4 is 31.6 Å². The van der Waals surface area contributed by atoms with Crippen LogP contribution in [0.5, 0.6) is 0 Å². The van der Waals surface area contributed by atoms with Crippen LogP contribution in [0.1, 0.15) is 6.42 Å². The number of hydrogen-bond donors (Lipinski definition) is 0. The molecule has 142 valence electrons. The Morgan fingerprint density at radius 1 is 1.08 bits per heavy atom. The van der Waals surface area contributed by atoms with Crippen molar-refractivity contribution in [3.05, 3.63) is 29.3 Å². The molecule has 0 aliphatic carbocycles. The highest BCUT2D eigenvalue weighted by Crippen LogP contribution is 2.20. The van der Waals surface area contributed by atoms with Gasteiger partial charge in [0.05, 0.1) is 10.6 Å². The molecule has 1 aromatic rings. The van der Waals surface area contributed by atoms with Gasteiger partial charge in [0, 0.05) is 45.3 Å². The minimum Gasteiger partial charge on any atom is -0.301 e. The third kappa shape index (κ3) is 5.38. The molecule has 25 heavy (non-hydrogen) atoms. The van der Waals surface area contributed by atoms with Crippen LogP contribution in [0, 0.1) is 0 Å². The number of benzene rings is 1. The van der Waals surface area contributed by atoms with Gasteiger partial charge >= 0.3 is 0 Å². The van der Waals surface area contributed by atoms with E-state index in [9.17, 15) is 16.8 Å². The largest absolute Gasteiger partial charge is 0.301 e. The van der Waals surface area contributed by atoms with Gasteiger partial charge in [-0.1, -0.05) is 17.7 Å². The number of sulfonamides is 2. The van der Waals surface area contributed by atoms with Gasteiger partial charge in [0.1, 0.15) is 0 Å². The standard InChI is InChI=1S/C15H24ClN3O4S2/c1-17(2)24(20,21)12-4-7-18-8-10-19(11-9-18)25(22,23)15-6-3-5-14(16)13-15/h3,5-6,13H,4,7-12H2,1-2H3. The molecular weight excluding hydrogens is 386 g/mol. The average molecular weight is 410 g/mol. The number of rotatable bonds is 7. The average Bonchev–Trinajstić information content (AvgIpc) is 2.55. The lowest BCUT2D eigenvalue weighted by molar-refractivity contribution is 0.189. The van der Waals surface area contributed by atoms with Gasteiger partial charge in [0.2, 0.25) is 20.0 Å². The summed E-state index contributed by atoms with van der Waals surface area (Å²) in [7, 11) is -3.68. The first-order valence-electron chi connectivity index (χ1n) is 8.01. The third-order valence-electron chi connectivity index (χ3n) is 4.20. The molecule has 0 atom stereocenters. The lowest BCUT2D eigenvalue weighted by atomic mass is 10.3.